The lowest BCUT2D eigenvalue weighted by atomic mass is 10.0. The Hall–Kier alpha value is -2.41. The molecule has 0 atom stereocenters. The maximum atomic E-state index is 12.5. The highest BCUT2D eigenvalue weighted by atomic mass is 35.5. The molecular weight excluding hydrogens is 393 g/mol. The van der Waals surface area contributed by atoms with E-state index in [0.717, 1.165) is 42.0 Å². The third-order valence-electron chi connectivity index (χ3n) is 5.35. The van der Waals surface area contributed by atoms with Crippen molar-refractivity contribution in [2.24, 2.45) is 0 Å². The van der Waals surface area contributed by atoms with Crippen molar-refractivity contribution >= 4 is 22.8 Å². The minimum atomic E-state index is -0.308. The summed E-state index contributed by atoms with van der Waals surface area (Å²) in [7, 11) is 1.55. The second-order valence-corrected chi connectivity index (χ2v) is 7.49. The van der Waals surface area contributed by atoms with E-state index in [0.29, 0.717) is 22.9 Å². The standard InChI is InChI=1S/C22H23ClFN3O2/c1-29-21-10-17(14-28)18(12-19(21)23)20-13-27-8-4-16(11-22(27)25-20)15-2-6-26(7-3-15)9-5-24/h2,4,8,10-13,28H,3,5-7,9,14H2,1H3. The average Bonchev–Trinajstić information content (AvgIpc) is 3.17. The third kappa shape index (κ3) is 4.01. The molecule has 4 rings (SSSR count). The second-order valence-electron chi connectivity index (χ2n) is 7.08. The Bertz CT molecular complexity index is 1060. The fourth-order valence-corrected chi connectivity index (χ4v) is 3.97. The number of aliphatic hydroxyl groups excluding tert-OH is 1. The van der Waals surface area contributed by atoms with Crippen LogP contribution in [0, 0.1) is 0 Å². The van der Waals surface area contributed by atoms with Crippen molar-refractivity contribution in [1.82, 2.24) is 14.3 Å². The first-order valence-electron chi connectivity index (χ1n) is 9.57. The van der Waals surface area contributed by atoms with E-state index in [1.165, 1.54) is 5.57 Å². The quantitative estimate of drug-likeness (QED) is 0.655. The number of hydrogen-bond donors (Lipinski definition) is 1. The molecule has 0 saturated heterocycles. The van der Waals surface area contributed by atoms with Crippen LogP contribution in [0.2, 0.25) is 5.02 Å². The normalized spacial score (nSPS) is 15.0. The van der Waals surface area contributed by atoms with E-state index in [4.69, 9.17) is 21.3 Å². The third-order valence-corrected chi connectivity index (χ3v) is 5.64. The molecule has 29 heavy (non-hydrogen) atoms. The maximum absolute atomic E-state index is 12.5. The first-order valence-corrected chi connectivity index (χ1v) is 9.95. The molecule has 2 aromatic heterocycles. The van der Waals surface area contributed by atoms with Crippen molar-refractivity contribution in [3.8, 4) is 17.0 Å². The van der Waals surface area contributed by atoms with Gasteiger partial charge in [-0.15, -0.1) is 0 Å². The van der Waals surface area contributed by atoms with Crippen molar-refractivity contribution in [2.75, 3.05) is 33.4 Å². The van der Waals surface area contributed by atoms with Crippen LogP contribution in [0.1, 0.15) is 17.5 Å². The Balaban J connectivity index is 1.67. The average molecular weight is 416 g/mol. The molecular formula is C22H23ClFN3O2. The number of benzene rings is 1. The summed E-state index contributed by atoms with van der Waals surface area (Å²) in [5.74, 6) is 0.525. The maximum Gasteiger partial charge on any atom is 0.138 e. The molecule has 1 aromatic carbocycles. The molecule has 0 saturated carbocycles. The van der Waals surface area contributed by atoms with E-state index in [-0.39, 0.29) is 13.3 Å². The van der Waals surface area contributed by atoms with Gasteiger partial charge < -0.3 is 14.2 Å². The molecule has 1 aliphatic heterocycles. The molecule has 0 aliphatic carbocycles. The van der Waals surface area contributed by atoms with Gasteiger partial charge in [0.05, 0.1) is 24.4 Å². The predicted molar refractivity (Wildman–Crippen MR) is 113 cm³/mol. The summed E-state index contributed by atoms with van der Waals surface area (Å²) in [4.78, 5) is 6.86. The summed E-state index contributed by atoms with van der Waals surface area (Å²) in [6, 6.07) is 7.65. The molecule has 0 radical (unpaired) electrons. The smallest absolute Gasteiger partial charge is 0.138 e. The number of alkyl halides is 1. The van der Waals surface area contributed by atoms with E-state index in [1.54, 1.807) is 19.2 Å². The van der Waals surface area contributed by atoms with Gasteiger partial charge in [-0.2, -0.15) is 0 Å². The van der Waals surface area contributed by atoms with Gasteiger partial charge >= 0.3 is 0 Å². The Morgan fingerprint density at radius 2 is 2.17 bits per heavy atom. The van der Waals surface area contributed by atoms with Crippen molar-refractivity contribution in [3.63, 3.8) is 0 Å². The Morgan fingerprint density at radius 3 is 2.86 bits per heavy atom. The number of rotatable bonds is 6. The van der Waals surface area contributed by atoms with Crippen LogP contribution in [0.5, 0.6) is 5.75 Å². The zero-order chi connectivity index (χ0) is 20.4. The summed E-state index contributed by atoms with van der Waals surface area (Å²) in [5, 5.41) is 10.2. The number of methoxy groups -OCH3 is 1. The molecule has 0 fully saturated rings. The van der Waals surface area contributed by atoms with Crippen LogP contribution in [-0.4, -0.2) is 52.8 Å². The molecule has 0 bridgehead atoms. The fraction of sp³-hybridized carbons (Fsp3) is 0.318. The number of pyridine rings is 1. The van der Waals surface area contributed by atoms with Crippen molar-refractivity contribution in [3.05, 3.63) is 58.9 Å². The highest BCUT2D eigenvalue weighted by Gasteiger charge is 2.16. The molecule has 0 spiro atoms. The fourth-order valence-electron chi connectivity index (χ4n) is 3.73. The van der Waals surface area contributed by atoms with Gasteiger partial charge in [-0.1, -0.05) is 17.7 Å². The van der Waals surface area contributed by atoms with Gasteiger partial charge in [-0.25, -0.2) is 9.37 Å². The summed E-state index contributed by atoms with van der Waals surface area (Å²) in [6.07, 6.45) is 6.97. The van der Waals surface area contributed by atoms with Gasteiger partial charge in [0.2, 0.25) is 0 Å². The van der Waals surface area contributed by atoms with E-state index in [1.807, 2.05) is 16.8 Å². The number of ether oxygens (including phenoxy) is 1. The van der Waals surface area contributed by atoms with E-state index < -0.39 is 0 Å². The minimum absolute atomic E-state index is 0.135. The monoisotopic (exact) mass is 415 g/mol. The molecule has 5 nitrogen and oxygen atoms in total. The number of halogens is 2. The number of aromatic nitrogens is 2. The topological polar surface area (TPSA) is 50.0 Å². The van der Waals surface area contributed by atoms with Gasteiger partial charge in [0.15, 0.2) is 0 Å². The van der Waals surface area contributed by atoms with Crippen LogP contribution in [0.15, 0.2) is 42.7 Å². The molecule has 3 heterocycles. The van der Waals surface area contributed by atoms with Gasteiger partial charge in [0, 0.05) is 37.6 Å². The predicted octanol–water partition coefficient (Wildman–Crippen LogP) is 4.21. The van der Waals surface area contributed by atoms with Crippen LogP contribution in [0.4, 0.5) is 4.39 Å². The first kappa shape index (κ1) is 19.9. The van der Waals surface area contributed by atoms with Crippen LogP contribution >= 0.6 is 11.6 Å². The lowest BCUT2D eigenvalue weighted by Gasteiger charge is -2.25. The van der Waals surface area contributed by atoms with E-state index >= 15 is 0 Å². The van der Waals surface area contributed by atoms with E-state index in [9.17, 15) is 9.50 Å². The molecule has 3 aromatic rings. The van der Waals surface area contributed by atoms with E-state index in [2.05, 4.69) is 23.1 Å². The van der Waals surface area contributed by atoms with Crippen LogP contribution < -0.4 is 4.74 Å². The highest BCUT2D eigenvalue weighted by molar-refractivity contribution is 6.32. The lowest BCUT2D eigenvalue weighted by Crippen LogP contribution is -2.30. The molecule has 152 valence electrons. The Kier molecular flexibility index (Phi) is 5.85. The number of aliphatic hydroxyl groups is 1. The molecule has 0 amide bonds. The van der Waals surface area contributed by atoms with Crippen LogP contribution in [-0.2, 0) is 6.61 Å². The summed E-state index contributed by atoms with van der Waals surface area (Å²) < 4.78 is 19.7. The van der Waals surface area contributed by atoms with Crippen molar-refractivity contribution in [1.29, 1.82) is 0 Å². The number of hydrogen-bond acceptors (Lipinski definition) is 4. The SMILES string of the molecule is COc1cc(CO)c(-c2cn3ccc(C4=CCN(CCF)CC4)cc3n2)cc1Cl. The Labute approximate surface area is 174 Å². The number of fused-ring (bicyclic) bond motifs is 1. The molecule has 0 unspecified atom stereocenters. The largest absolute Gasteiger partial charge is 0.495 e. The molecule has 7 heteroatoms. The zero-order valence-corrected chi connectivity index (χ0v) is 17.0. The van der Waals surface area contributed by atoms with Gasteiger partial charge in [0.1, 0.15) is 18.1 Å². The van der Waals surface area contributed by atoms with Crippen molar-refractivity contribution < 1.29 is 14.2 Å². The van der Waals surface area contributed by atoms with Crippen LogP contribution in [0.25, 0.3) is 22.5 Å². The number of imidazole rings is 1. The second kappa shape index (κ2) is 8.53. The zero-order valence-electron chi connectivity index (χ0n) is 16.2. The molecule has 1 N–H and O–H groups in total. The van der Waals surface area contributed by atoms with Gasteiger partial charge in [0.25, 0.3) is 0 Å². The van der Waals surface area contributed by atoms with Gasteiger partial charge in [-0.3, -0.25) is 4.90 Å². The number of nitrogens with zero attached hydrogens (tertiary/aromatic N) is 3. The van der Waals surface area contributed by atoms with Crippen LogP contribution in [0.3, 0.4) is 0 Å². The summed E-state index contributed by atoms with van der Waals surface area (Å²) >= 11 is 6.29. The highest BCUT2D eigenvalue weighted by Crippen LogP contribution is 2.34. The van der Waals surface area contributed by atoms with Crippen molar-refractivity contribution in [2.45, 2.75) is 13.0 Å². The van der Waals surface area contributed by atoms with Gasteiger partial charge in [-0.05, 0) is 47.4 Å². The summed E-state index contributed by atoms with van der Waals surface area (Å²) in [5.41, 5.74) is 5.43. The molecule has 1 aliphatic rings. The lowest BCUT2D eigenvalue weighted by molar-refractivity contribution is 0.270. The first-order chi connectivity index (χ1) is 14.1. The summed E-state index contributed by atoms with van der Waals surface area (Å²) in [6.45, 7) is 1.69. The Morgan fingerprint density at radius 1 is 1.31 bits per heavy atom. The minimum Gasteiger partial charge on any atom is -0.495 e.